The number of ketones is 1. The molecular formula is C20H32OS. The summed E-state index contributed by atoms with van der Waals surface area (Å²) in [6.45, 7) is 0. The second-order valence-corrected chi connectivity index (χ2v) is 7.83. The van der Waals surface area contributed by atoms with E-state index in [0.29, 0.717) is 12.2 Å². The Bertz CT molecular complexity index is 421. The van der Waals surface area contributed by atoms with Crippen LogP contribution < -0.4 is 0 Å². The summed E-state index contributed by atoms with van der Waals surface area (Å²) in [5, 5.41) is 2.17. The third-order valence-corrected chi connectivity index (χ3v) is 5.86. The lowest BCUT2D eigenvalue weighted by atomic mass is 10.00. The van der Waals surface area contributed by atoms with Crippen LogP contribution in [0.4, 0.5) is 0 Å². The van der Waals surface area contributed by atoms with Crippen LogP contribution in [0.5, 0.6) is 0 Å². The van der Waals surface area contributed by atoms with Gasteiger partial charge in [-0.25, -0.2) is 0 Å². The maximum Gasteiger partial charge on any atom is 0.137 e. The summed E-state index contributed by atoms with van der Waals surface area (Å²) < 4.78 is 0. The van der Waals surface area contributed by atoms with Crippen molar-refractivity contribution >= 4 is 17.1 Å². The van der Waals surface area contributed by atoms with Gasteiger partial charge < -0.3 is 0 Å². The zero-order valence-electron chi connectivity index (χ0n) is 14.1. The molecule has 1 heterocycles. The van der Waals surface area contributed by atoms with Gasteiger partial charge in [-0.1, -0.05) is 64.2 Å². The number of fused-ring (bicyclic) bond motifs is 1. The van der Waals surface area contributed by atoms with Crippen LogP contribution in [0.25, 0.3) is 0 Å². The van der Waals surface area contributed by atoms with E-state index in [1.807, 2.05) is 11.3 Å². The normalized spacial score (nSPS) is 20.8. The van der Waals surface area contributed by atoms with Crippen molar-refractivity contribution in [1.82, 2.24) is 0 Å². The largest absolute Gasteiger partial charge is 0.299 e. The van der Waals surface area contributed by atoms with Crippen LogP contribution in [0, 0.1) is 0 Å². The standard InChI is InChI=1S/C20H32OS/c21-19-13-11-9-7-5-3-1-2-4-6-8-10-12-14-20-18(17-19)15-16-22-20/h15-16H,1-14,17H2. The molecule has 0 atom stereocenters. The fourth-order valence-electron chi connectivity index (χ4n) is 3.42. The number of carbonyl (C=O) groups is 1. The molecule has 0 saturated carbocycles. The van der Waals surface area contributed by atoms with Gasteiger partial charge in [0.15, 0.2) is 0 Å². The van der Waals surface area contributed by atoms with E-state index in [2.05, 4.69) is 11.4 Å². The summed E-state index contributed by atoms with van der Waals surface area (Å²) in [7, 11) is 0. The van der Waals surface area contributed by atoms with Crippen LogP contribution in [0.2, 0.25) is 0 Å². The zero-order chi connectivity index (χ0) is 15.5. The Morgan fingerprint density at radius 2 is 1.18 bits per heavy atom. The van der Waals surface area contributed by atoms with Crippen molar-refractivity contribution in [2.24, 2.45) is 0 Å². The number of rotatable bonds is 0. The minimum absolute atomic E-state index is 0.445. The molecule has 0 radical (unpaired) electrons. The quantitative estimate of drug-likeness (QED) is 0.534. The Hall–Kier alpha value is -0.630. The maximum atomic E-state index is 12.1. The monoisotopic (exact) mass is 320 g/mol. The van der Waals surface area contributed by atoms with Gasteiger partial charge >= 0.3 is 0 Å². The molecule has 1 aliphatic carbocycles. The highest BCUT2D eigenvalue weighted by molar-refractivity contribution is 7.10. The SMILES string of the molecule is O=C1CCCCCCCCCCCCCCc2sccc2C1. The van der Waals surface area contributed by atoms with Gasteiger partial charge in [0, 0.05) is 17.7 Å². The smallest absolute Gasteiger partial charge is 0.137 e. The minimum Gasteiger partial charge on any atom is -0.299 e. The lowest BCUT2D eigenvalue weighted by molar-refractivity contribution is -0.118. The summed E-state index contributed by atoms with van der Waals surface area (Å²) >= 11 is 1.85. The van der Waals surface area contributed by atoms with E-state index in [-0.39, 0.29) is 0 Å². The van der Waals surface area contributed by atoms with E-state index in [0.717, 1.165) is 12.8 Å². The highest BCUT2D eigenvalue weighted by Crippen LogP contribution is 2.22. The summed E-state index contributed by atoms with van der Waals surface area (Å²) in [6.07, 6.45) is 18.8. The molecule has 0 aromatic carbocycles. The molecule has 0 fully saturated rings. The predicted molar refractivity (Wildman–Crippen MR) is 96.8 cm³/mol. The highest BCUT2D eigenvalue weighted by atomic mass is 32.1. The summed E-state index contributed by atoms with van der Waals surface area (Å²) in [5.74, 6) is 0.445. The van der Waals surface area contributed by atoms with Crippen LogP contribution in [-0.2, 0) is 17.6 Å². The number of hydrogen-bond donors (Lipinski definition) is 0. The van der Waals surface area contributed by atoms with Crippen LogP contribution >= 0.6 is 11.3 Å². The molecule has 0 spiro atoms. The van der Waals surface area contributed by atoms with Crippen molar-refractivity contribution in [2.75, 3.05) is 0 Å². The molecule has 2 heteroatoms. The van der Waals surface area contributed by atoms with Gasteiger partial charge in [0.05, 0.1) is 0 Å². The molecular weight excluding hydrogens is 288 g/mol. The molecule has 0 unspecified atom stereocenters. The van der Waals surface area contributed by atoms with E-state index in [4.69, 9.17) is 0 Å². The van der Waals surface area contributed by atoms with Crippen molar-refractivity contribution in [2.45, 2.75) is 96.3 Å². The molecule has 1 aliphatic rings. The molecule has 2 rings (SSSR count). The van der Waals surface area contributed by atoms with Crippen LogP contribution in [0.1, 0.15) is 93.9 Å². The van der Waals surface area contributed by atoms with Crippen molar-refractivity contribution in [3.8, 4) is 0 Å². The number of aryl methyl sites for hydroxylation is 1. The Morgan fingerprint density at radius 1 is 0.682 bits per heavy atom. The highest BCUT2D eigenvalue weighted by Gasteiger charge is 2.09. The maximum absolute atomic E-state index is 12.1. The first-order chi connectivity index (χ1) is 10.9. The lowest BCUT2D eigenvalue weighted by Crippen LogP contribution is -2.03. The average molecular weight is 321 g/mol. The Labute approximate surface area is 140 Å². The summed E-state index contributed by atoms with van der Waals surface area (Å²) in [4.78, 5) is 13.6. The molecule has 0 N–H and O–H groups in total. The molecule has 0 bridgehead atoms. The van der Waals surface area contributed by atoms with Crippen molar-refractivity contribution in [1.29, 1.82) is 0 Å². The molecule has 124 valence electrons. The Balaban J connectivity index is 1.81. The van der Waals surface area contributed by atoms with Gasteiger partial charge in [-0.05, 0) is 36.3 Å². The first-order valence-electron chi connectivity index (χ1n) is 9.43. The van der Waals surface area contributed by atoms with Gasteiger partial charge in [-0.2, -0.15) is 0 Å². The molecule has 1 aromatic heterocycles. The van der Waals surface area contributed by atoms with E-state index < -0.39 is 0 Å². The third kappa shape index (κ3) is 7.09. The van der Waals surface area contributed by atoms with E-state index in [1.165, 1.54) is 87.5 Å². The van der Waals surface area contributed by atoms with Crippen LogP contribution in [0.3, 0.4) is 0 Å². The zero-order valence-corrected chi connectivity index (χ0v) is 14.9. The number of carbonyl (C=O) groups excluding carboxylic acids is 1. The fraction of sp³-hybridized carbons (Fsp3) is 0.750. The van der Waals surface area contributed by atoms with Crippen molar-refractivity contribution in [3.05, 3.63) is 21.9 Å². The number of thiophene rings is 1. The average Bonchev–Trinajstić information content (AvgIpc) is 2.94. The molecule has 0 amide bonds. The minimum atomic E-state index is 0.445. The predicted octanol–water partition coefficient (Wildman–Crippen LogP) is 6.49. The molecule has 1 nitrogen and oxygen atoms in total. The fourth-order valence-corrected chi connectivity index (χ4v) is 4.37. The van der Waals surface area contributed by atoms with Crippen molar-refractivity contribution < 1.29 is 4.79 Å². The van der Waals surface area contributed by atoms with E-state index in [9.17, 15) is 4.79 Å². The van der Waals surface area contributed by atoms with Gasteiger partial charge in [0.25, 0.3) is 0 Å². The van der Waals surface area contributed by atoms with E-state index in [1.54, 1.807) is 0 Å². The van der Waals surface area contributed by atoms with Crippen LogP contribution in [0.15, 0.2) is 11.4 Å². The topological polar surface area (TPSA) is 17.1 Å². The van der Waals surface area contributed by atoms with E-state index >= 15 is 0 Å². The third-order valence-electron chi connectivity index (χ3n) is 4.83. The first-order valence-corrected chi connectivity index (χ1v) is 10.3. The number of hydrogen-bond acceptors (Lipinski definition) is 2. The second-order valence-electron chi connectivity index (χ2n) is 6.83. The first kappa shape index (κ1) is 17.7. The number of Topliss-reactive ketones (excluding diaryl/α,β-unsaturated/α-hetero) is 1. The van der Waals surface area contributed by atoms with Crippen LogP contribution in [-0.4, -0.2) is 5.78 Å². The van der Waals surface area contributed by atoms with Gasteiger partial charge in [0.1, 0.15) is 5.78 Å². The summed E-state index contributed by atoms with van der Waals surface area (Å²) in [6, 6.07) is 2.18. The lowest BCUT2D eigenvalue weighted by Gasteiger charge is -2.06. The molecule has 0 saturated heterocycles. The van der Waals surface area contributed by atoms with Gasteiger partial charge in [-0.3, -0.25) is 4.79 Å². The van der Waals surface area contributed by atoms with Crippen molar-refractivity contribution in [3.63, 3.8) is 0 Å². The van der Waals surface area contributed by atoms with Gasteiger partial charge in [0.2, 0.25) is 0 Å². The van der Waals surface area contributed by atoms with Gasteiger partial charge in [-0.15, -0.1) is 11.3 Å². The Morgan fingerprint density at radius 3 is 1.77 bits per heavy atom. The molecule has 1 aromatic rings. The second kappa shape index (κ2) is 11.0. The molecule has 22 heavy (non-hydrogen) atoms. The summed E-state index contributed by atoms with van der Waals surface area (Å²) in [5.41, 5.74) is 1.32. The Kier molecular flexibility index (Phi) is 8.85. The molecule has 0 aliphatic heterocycles.